The van der Waals surface area contributed by atoms with Crippen LogP contribution >= 0.6 is 0 Å². The molecule has 1 amide bonds. The van der Waals surface area contributed by atoms with Gasteiger partial charge in [0.1, 0.15) is 5.75 Å². The van der Waals surface area contributed by atoms with E-state index in [-0.39, 0.29) is 5.91 Å². The summed E-state index contributed by atoms with van der Waals surface area (Å²) in [5.74, 6) is 1.06. The molecule has 1 aromatic carbocycles. The van der Waals surface area contributed by atoms with E-state index < -0.39 is 0 Å². The predicted octanol–water partition coefficient (Wildman–Crippen LogP) is 2.34. The molecule has 2 heterocycles. The molecule has 3 rings (SSSR count). The van der Waals surface area contributed by atoms with Crippen LogP contribution in [-0.2, 0) is 16.0 Å². The number of methoxy groups -OCH3 is 1. The Hall–Kier alpha value is -1.59. The largest absolute Gasteiger partial charge is 0.497 e. The van der Waals surface area contributed by atoms with Crippen molar-refractivity contribution in [3.05, 3.63) is 29.8 Å². The standard InChI is InChI=1S/C20H30N2O3/c1-24-19-7-4-5-17(15-19)16-20(23)22-9-3-2-6-18(22)8-10-21-11-13-25-14-12-21/h4-5,7,15,18H,2-3,6,8-14,16H2,1H3/t18-/m0/s1. The van der Waals surface area contributed by atoms with Crippen molar-refractivity contribution in [2.45, 2.75) is 38.1 Å². The van der Waals surface area contributed by atoms with Gasteiger partial charge in [-0.3, -0.25) is 9.69 Å². The molecule has 0 saturated carbocycles. The Morgan fingerprint density at radius 2 is 2.08 bits per heavy atom. The van der Waals surface area contributed by atoms with Crippen LogP contribution in [0.5, 0.6) is 5.75 Å². The minimum Gasteiger partial charge on any atom is -0.497 e. The van der Waals surface area contributed by atoms with E-state index in [4.69, 9.17) is 9.47 Å². The fourth-order valence-corrected chi connectivity index (χ4v) is 3.84. The van der Waals surface area contributed by atoms with Crippen molar-refractivity contribution in [3.63, 3.8) is 0 Å². The molecule has 2 fully saturated rings. The average molecular weight is 346 g/mol. The Balaban J connectivity index is 1.56. The second-order valence-electron chi connectivity index (χ2n) is 7.01. The van der Waals surface area contributed by atoms with E-state index in [1.165, 1.54) is 6.42 Å². The highest BCUT2D eigenvalue weighted by molar-refractivity contribution is 5.79. The van der Waals surface area contributed by atoms with Crippen LogP contribution < -0.4 is 4.74 Å². The SMILES string of the molecule is COc1cccc(CC(=O)N2CCCC[C@H]2CCN2CCOCC2)c1. The Morgan fingerprint density at radius 3 is 2.88 bits per heavy atom. The summed E-state index contributed by atoms with van der Waals surface area (Å²) < 4.78 is 10.7. The van der Waals surface area contributed by atoms with Crippen LogP contribution in [-0.4, -0.2) is 68.3 Å². The molecule has 1 atom stereocenters. The van der Waals surface area contributed by atoms with Gasteiger partial charge in [0.25, 0.3) is 0 Å². The first-order chi connectivity index (χ1) is 12.3. The second kappa shape index (κ2) is 9.20. The van der Waals surface area contributed by atoms with Crippen LogP contribution in [0, 0.1) is 0 Å². The predicted molar refractivity (Wildman–Crippen MR) is 97.9 cm³/mol. The van der Waals surface area contributed by atoms with Gasteiger partial charge in [-0.15, -0.1) is 0 Å². The minimum atomic E-state index is 0.250. The molecule has 2 aliphatic rings. The Kier molecular flexibility index (Phi) is 6.70. The lowest BCUT2D eigenvalue weighted by Gasteiger charge is -2.37. The second-order valence-corrected chi connectivity index (χ2v) is 7.01. The summed E-state index contributed by atoms with van der Waals surface area (Å²) in [7, 11) is 1.66. The molecular weight excluding hydrogens is 316 g/mol. The fourth-order valence-electron chi connectivity index (χ4n) is 3.84. The summed E-state index contributed by atoms with van der Waals surface area (Å²) >= 11 is 0. The number of hydrogen-bond acceptors (Lipinski definition) is 4. The van der Waals surface area contributed by atoms with Crippen molar-refractivity contribution in [2.75, 3.05) is 46.5 Å². The highest BCUT2D eigenvalue weighted by atomic mass is 16.5. The topological polar surface area (TPSA) is 42.0 Å². The smallest absolute Gasteiger partial charge is 0.227 e. The van der Waals surface area contributed by atoms with Crippen LogP contribution in [0.3, 0.4) is 0 Å². The summed E-state index contributed by atoms with van der Waals surface area (Å²) in [4.78, 5) is 17.5. The van der Waals surface area contributed by atoms with Crippen LogP contribution in [0.15, 0.2) is 24.3 Å². The lowest BCUT2D eigenvalue weighted by molar-refractivity contribution is -0.134. The van der Waals surface area contributed by atoms with Gasteiger partial charge in [-0.2, -0.15) is 0 Å². The third-order valence-electron chi connectivity index (χ3n) is 5.32. The maximum Gasteiger partial charge on any atom is 0.227 e. The number of nitrogens with zero attached hydrogens (tertiary/aromatic N) is 2. The first-order valence-electron chi connectivity index (χ1n) is 9.49. The first-order valence-corrected chi connectivity index (χ1v) is 9.49. The van der Waals surface area contributed by atoms with Crippen molar-refractivity contribution in [1.82, 2.24) is 9.80 Å². The van der Waals surface area contributed by atoms with E-state index in [0.717, 1.165) is 70.0 Å². The third-order valence-corrected chi connectivity index (χ3v) is 5.32. The molecule has 5 nitrogen and oxygen atoms in total. The highest BCUT2D eigenvalue weighted by Gasteiger charge is 2.27. The number of morpholine rings is 1. The molecule has 0 spiro atoms. The molecule has 2 saturated heterocycles. The maximum atomic E-state index is 12.9. The lowest BCUT2D eigenvalue weighted by Crippen LogP contribution is -2.46. The monoisotopic (exact) mass is 346 g/mol. The van der Waals surface area contributed by atoms with Crippen molar-refractivity contribution in [2.24, 2.45) is 0 Å². The Bertz CT molecular complexity index is 558. The zero-order valence-electron chi connectivity index (χ0n) is 15.3. The normalized spacial score (nSPS) is 22.0. The number of carbonyl (C=O) groups excluding carboxylic acids is 1. The molecule has 0 N–H and O–H groups in total. The molecule has 0 unspecified atom stereocenters. The zero-order chi connectivity index (χ0) is 17.5. The minimum absolute atomic E-state index is 0.250. The van der Waals surface area contributed by atoms with Crippen molar-refractivity contribution in [3.8, 4) is 5.75 Å². The molecule has 5 heteroatoms. The van der Waals surface area contributed by atoms with Crippen LogP contribution in [0.4, 0.5) is 0 Å². The van der Waals surface area contributed by atoms with E-state index in [0.29, 0.717) is 12.5 Å². The zero-order valence-corrected chi connectivity index (χ0v) is 15.3. The molecule has 0 radical (unpaired) electrons. The third kappa shape index (κ3) is 5.19. The summed E-state index contributed by atoms with van der Waals surface area (Å²) in [6, 6.07) is 8.22. The van der Waals surface area contributed by atoms with E-state index in [1.54, 1.807) is 7.11 Å². The first kappa shape index (κ1) is 18.2. The quantitative estimate of drug-likeness (QED) is 0.793. The number of ether oxygens (including phenoxy) is 2. The van der Waals surface area contributed by atoms with Gasteiger partial charge in [0.2, 0.25) is 5.91 Å². The maximum absolute atomic E-state index is 12.9. The highest BCUT2D eigenvalue weighted by Crippen LogP contribution is 2.22. The molecular formula is C20H30N2O3. The van der Waals surface area contributed by atoms with Gasteiger partial charge in [0.05, 0.1) is 26.7 Å². The van der Waals surface area contributed by atoms with Crippen molar-refractivity contribution < 1.29 is 14.3 Å². The number of piperidine rings is 1. The van der Waals surface area contributed by atoms with E-state index in [9.17, 15) is 4.79 Å². The fraction of sp³-hybridized carbons (Fsp3) is 0.650. The Labute approximate surface area is 150 Å². The van der Waals surface area contributed by atoms with Gasteiger partial charge >= 0.3 is 0 Å². The summed E-state index contributed by atoms with van der Waals surface area (Å²) in [6.07, 6.45) is 5.03. The number of likely N-dealkylation sites (tertiary alicyclic amines) is 1. The average Bonchev–Trinajstić information content (AvgIpc) is 2.67. The van der Waals surface area contributed by atoms with Crippen LogP contribution in [0.1, 0.15) is 31.2 Å². The number of benzene rings is 1. The number of rotatable bonds is 6. The van der Waals surface area contributed by atoms with Gasteiger partial charge in [-0.05, 0) is 43.4 Å². The van der Waals surface area contributed by atoms with Crippen LogP contribution in [0.25, 0.3) is 0 Å². The lowest BCUT2D eigenvalue weighted by atomic mass is 9.98. The van der Waals surface area contributed by atoms with E-state index >= 15 is 0 Å². The van der Waals surface area contributed by atoms with Gasteiger partial charge in [-0.1, -0.05) is 12.1 Å². The van der Waals surface area contributed by atoms with Gasteiger partial charge in [0.15, 0.2) is 0 Å². The molecule has 0 aromatic heterocycles. The summed E-state index contributed by atoms with van der Waals surface area (Å²) in [6.45, 7) is 5.68. The molecule has 138 valence electrons. The van der Waals surface area contributed by atoms with Gasteiger partial charge in [0, 0.05) is 32.2 Å². The molecule has 25 heavy (non-hydrogen) atoms. The van der Waals surface area contributed by atoms with Crippen LogP contribution in [0.2, 0.25) is 0 Å². The van der Waals surface area contributed by atoms with Crippen molar-refractivity contribution >= 4 is 5.91 Å². The van der Waals surface area contributed by atoms with E-state index in [1.807, 2.05) is 24.3 Å². The number of amides is 1. The molecule has 0 bridgehead atoms. The summed E-state index contributed by atoms with van der Waals surface area (Å²) in [5, 5.41) is 0. The van der Waals surface area contributed by atoms with Crippen molar-refractivity contribution in [1.29, 1.82) is 0 Å². The Morgan fingerprint density at radius 1 is 1.24 bits per heavy atom. The number of hydrogen-bond donors (Lipinski definition) is 0. The van der Waals surface area contributed by atoms with E-state index in [2.05, 4.69) is 9.80 Å². The summed E-state index contributed by atoms with van der Waals surface area (Å²) in [5.41, 5.74) is 1.03. The molecule has 1 aromatic rings. The number of carbonyl (C=O) groups is 1. The molecule has 0 aliphatic carbocycles. The van der Waals surface area contributed by atoms with Gasteiger partial charge in [-0.25, -0.2) is 0 Å². The molecule has 2 aliphatic heterocycles. The van der Waals surface area contributed by atoms with Gasteiger partial charge < -0.3 is 14.4 Å².